The zero-order chi connectivity index (χ0) is 17.7. The summed E-state index contributed by atoms with van der Waals surface area (Å²) in [6, 6.07) is 11.0. The van der Waals surface area contributed by atoms with Crippen LogP contribution in [0, 0.1) is 18.3 Å². The highest BCUT2D eigenvalue weighted by Gasteiger charge is 2.23. The summed E-state index contributed by atoms with van der Waals surface area (Å²) >= 11 is 0. The van der Waals surface area contributed by atoms with Crippen LogP contribution in [-0.2, 0) is 16.8 Å². The highest BCUT2D eigenvalue weighted by molar-refractivity contribution is 7.87. The van der Waals surface area contributed by atoms with Gasteiger partial charge >= 0.3 is 0 Å². The van der Waals surface area contributed by atoms with Crippen molar-refractivity contribution in [3.05, 3.63) is 47.8 Å². The number of rotatable bonds is 7. The van der Waals surface area contributed by atoms with E-state index in [0.29, 0.717) is 0 Å². The molecule has 0 fully saturated rings. The molecule has 1 N–H and O–H groups in total. The Balaban J connectivity index is 2.17. The number of benzene rings is 1. The number of hydrogen-bond donors (Lipinski definition) is 1. The first-order chi connectivity index (χ1) is 11.3. The molecule has 0 bridgehead atoms. The maximum absolute atomic E-state index is 12.4. The monoisotopic (exact) mass is 347 g/mol. The van der Waals surface area contributed by atoms with Crippen LogP contribution in [0.3, 0.4) is 0 Å². The molecule has 0 saturated carbocycles. The molecule has 0 saturated heterocycles. The van der Waals surface area contributed by atoms with E-state index in [4.69, 9.17) is 5.26 Å². The molecular weight excluding hydrogens is 326 g/mol. The maximum atomic E-state index is 12.4. The standard InChI is InChI=1S/C16H21N5O2S/c1-13-9-11-21(19-13)16-7-5-4-6-15(16)12-18-24(22,23)20(3)14(2)8-10-17/h4-7,9,11,14,18H,8,12H2,1-3H3. The molecule has 0 spiro atoms. The van der Waals surface area contributed by atoms with Gasteiger partial charge in [-0.1, -0.05) is 18.2 Å². The van der Waals surface area contributed by atoms with E-state index < -0.39 is 16.3 Å². The second-order valence-electron chi connectivity index (χ2n) is 5.58. The van der Waals surface area contributed by atoms with Crippen LogP contribution in [0.25, 0.3) is 5.69 Å². The van der Waals surface area contributed by atoms with Crippen LogP contribution in [0.1, 0.15) is 24.6 Å². The number of nitriles is 1. The van der Waals surface area contributed by atoms with Gasteiger partial charge in [-0.15, -0.1) is 0 Å². The van der Waals surface area contributed by atoms with Gasteiger partial charge in [0.15, 0.2) is 0 Å². The summed E-state index contributed by atoms with van der Waals surface area (Å²) in [5.74, 6) is 0. The second kappa shape index (κ2) is 7.57. The van der Waals surface area contributed by atoms with Gasteiger partial charge in [0.1, 0.15) is 0 Å². The number of nitrogens with zero attached hydrogens (tertiary/aromatic N) is 4. The smallest absolute Gasteiger partial charge is 0.240 e. The molecule has 24 heavy (non-hydrogen) atoms. The Morgan fingerprint density at radius 3 is 2.71 bits per heavy atom. The van der Waals surface area contributed by atoms with Gasteiger partial charge < -0.3 is 0 Å². The minimum atomic E-state index is -3.67. The van der Waals surface area contributed by atoms with Crippen LogP contribution in [0.15, 0.2) is 36.5 Å². The Bertz CT molecular complexity index is 838. The van der Waals surface area contributed by atoms with Gasteiger partial charge in [-0.05, 0) is 31.5 Å². The van der Waals surface area contributed by atoms with E-state index in [0.717, 1.165) is 16.9 Å². The summed E-state index contributed by atoms with van der Waals surface area (Å²) in [6.07, 6.45) is 1.98. The number of aromatic nitrogens is 2. The molecule has 128 valence electrons. The molecule has 8 heteroatoms. The number of para-hydroxylation sites is 1. The van der Waals surface area contributed by atoms with E-state index in [1.165, 1.54) is 11.4 Å². The van der Waals surface area contributed by atoms with Crippen molar-refractivity contribution in [3.63, 3.8) is 0 Å². The Hall–Kier alpha value is -2.21. The van der Waals surface area contributed by atoms with Crippen molar-refractivity contribution in [2.45, 2.75) is 32.9 Å². The predicted octanol–water partition coefficient (Wildman–Crippen LogP) is 1.75. The fraction of sp³-hybridized carbons (Fsp3) is 0.375. The molecule has 0 amide bonds. The first-order valence-electron chi connectivity index (χ1n) is 7.55. The Kier molecular flexibility index (Phi) is 5.72. The average molecular weight is 347 g/mol. The molecule has 7 nitrogen and oxygen atoms in total. The summed E-state index contributed by atoms with van der Waals surface area (Å²) in [6.45, 7) is 3.73. The number of aryl methyl sites for hydroxylation is 1. The normalized spacial score (nSPS) is 13.0. The molecule has 1 atom stereocenters. The van der Waals surface area contributed by atoms with Gasteiger partial charge in [0.25, 0.3) is 10.2 Å². The van der Waals surface area contributed by atoms with Gasteiger partial charge in [-0.3, -0.25) is 0 Å². The Morgan fingerprint density at radius 2 is 2.08 bits per heavy atom. The highest BCUT2D eigenvalue weighted by atomic mass is 32.2. The lowest BCUT2D eigenvalue weighted by Gasteiger charge is -2.22. The van der Waals surface area contributed by atoms with E-state index in [-0.39, 0.29) is 13.0 Å². The van der Waals surface area contributed by atoms with Gasteiger partial charge in [-0.25, -0.2) is 4.68 Å². The molecule has 1 aromatic heterocycles. The molecule has 0 aliphatic carbocycles. The van der Waals surface area contributed by atoms with Crippen LogP contribution in [0.4, 0.5) is 0 Å². The molecule has 2 rings (SSSR count). The van der Waals surface area contributed by atoms with Crippen LogP contribution in [0.5, 0.6) is 0 Å². The Morgan fingerprint density at radius 1 is 1.38 bits per heavy atom. The average Bonchev–Trinajstić information content (AvgIpc) is 2.99. The number of nitrogens with one attached hydrogen (secondary N) is 1. The molecule has 1 unspecified atom stereocenters. The van der Waals surface area contributed by atoms with Crippen molar-refractivity contribution in [3.8, 4) is 11.8 Å². The third-order valence-corrected chi connectivity index (χ3v) is 5.42. The zero-order valence-corrected chi connectivity index (χ0v) is 14.8. The fourth-order valence-corrected chi connectivity index (χ4v) is 3.29. The largest absolute Gasteiger partial charge is 0.279 e. The van der Waals surface area contributed by atoms with Crippen LogP contribution in [0.2, 0.25) is 0 Å². The van der Waals surface area contributed by atoms with Crippen molar-refractivity contribution in [1.29, 1.82) is 5.26 Å². The minimum absolute atomic E-state index is 0.139. The predicted molar refractivity (Wildman–Crippen MR) is 91.5 cm³/mol. The van der Waals surface area contributed by atoms with Crippen molar-refractivity contribution in [1.82, 2.24) is 18.8 Å². The van der Waals surface area contributed by atoms with Gasteiger partial charge in [-0.2, -0.15) is 27.8 Å². The summed E-state index contributed by atoms with van der Waals surface area (Å²) in [4.78, 5) is 0. The van der Waals surface area contributed by atoms with E-state index in [9.17, 15) is 8.42 Å². The van der Waals surface area contributed by atoms with Gasteiger partial charge in [0.2, 0.25) is 0 Å². The quantitative estimate of drug-likeness (QED) is 0.826. The summed E-state index contributed by atoms with van der Waals surface area (Å²) in [7, 11) is -2.21. The highest BCUT2D eigenvalue weighted by Crippen LogP contribution is 2.15. The van der Waals surface area contributed by atoms with E-state index in [2.05, 4.69) is 9.82 Å². The van der Waals surface area contributed by atoms with E-state index in [1.54, 1.807) is 11.6 Å². The SMILES string of the molecule is Cc1ccn(-c2ccccc2CNS(=O)(=O)N(C)C(C)CC#N)n1. The van der Waals surface area contributed by atoms with Crippen molar-refractivity contribution in [2.24, 2.45) is 0 Å². The lowest BCUT2D eigenvalue weighted by atomic mass is 10.2. The zero-order valence-electron chi connectivity index (χ0n) is 14.0. The molecule has 0 aliphatic heterocycles. The lowest BCUT2D eigenvalue weighted by molar-refractivity contribution is 0.386. The van der Waals surface area contributed by atoms with E-state index in [1.807, 2.05) is 49.5 Å². The fourth-order valence-electron chi connectivity index (χ4n) is 2.20. The van der Waals surface area contributed by atoms with Gasteiger partial charge in [0.05, 0.1) is 23.9 Å². The first-order valence-corrected chi connectivity index (χ1v) is 8.99. The molecule has 1 heterocycles. The molecule has 0 aliphatic rings. The maximum Gasteiger partial charge on any atom is 0.279 e. The molecule has 2 aromatic rings. The van der Waals surface area contributed by atoms with Gasteiger partial charge in [0, 0.05) is 25.8 Å². The lowest BCUT2D eigenvalue weighted by Crippen LogP contribution is -2.42. The van der Waals surface area contributed by atoms with Crippen LogP contribution >= 0.6 is 0 Å². The van der Waals surface area contributed by atoms with Crippen molar-refractivity contribution >= 4 is 10.2 Å². The summed E-state index contributed by atoms with van der Waals surface area (Å²) in [5, 5.41) is 13.1. The molecule has 0 radical (unpaired) electrons. The number of hydrogen-bond acceptors (Lipinski definition) is 4. The second-order valence-corrected chi connectivity index (χ2v) is 7.40. The summed E-state index contributed by atoms with van der Waals surface area (Å²) in [5.41, 5.74) is 2.52. The third-order valence-electron chi connectivity index (χ3n) is 3.79. The minimum Gasteiger partial charge on any atom is -0.240 e. The van der Waals surface area contributed by atoms with Crippen LogP contribution < -0.4 is 4.72 Å². The van der Waals surface area contributed by atoms with Crippen LogP contribution in [-0.4, -0.2) is 35.6 Å². The molecular formula is C16H21N5O2S. The topological polar surface area (TPSA) is 91.0 Å². The third kappa shape index (κ3) is 4.20. The summed E-state index contributed by atoms with van der Waals surface area (Å²) < 4.78 is 30.2. The van der Waals surface area contributed by atoms with Crippen molar-refractivity contribution in [2.75, 3.05) is 7.05 Å². The first kappa shape index (κ1) is 18.1. The Labute approximate surface area is 142 Å². The van der Waals surface area contributed by atoms with E-state index >= 15 is 0 Å². The molecule has 1 aromatic carbocycles. The van der Waals surface area contributed by atoms with Crippen molar-refractivity contribution < 1.29 is 8.42 Å².